The number of carbonyl (C=O) groups excluding carboxylic acids is 1. The maximum absolute atomic E-state index is 12.8. The van der Waals surface area contributed by atoms with Gasteiger partial charge < -0.3 is 10.2 Å². The smallest absolute Gasteiger partial charge is 0.321 e. The lowest BCUT2D eigenvalue weighted by atomic mass is 10.3. The second-order valence-electron chi connectivity index (χ2n) is 5.91. The molecule has 142 valence electrons. The van der Waals surface area contributed by atoms with E-state index >= 15 is 0 Å². The quantitative estimate of drug-likeness (QED) is 0.635. The van der Waals surface area contributed by atoms with Gasteiger partial charge in [-0.1, -0.05) is 30.3 Å². The number of hydrogen-bond donors (Lipinski definition) is 1. The first-order valence-corrected chi connectivity index (χ1v) is 9.68. The Labute approximate surface area is 156 Å². The molecule has 2 aromatic rings. The predicted octanol–water partition coefficient (Wildman–Crippen LogP) is 2.13. The number of sulfonamides is 1. The molecule has 1 saturated heterocycles. The zero-order chi connectivity index (χ0) is 19.4. The molecule has 27 heavy (non-hydrogen) atoms. The fourth-order valence-electron chi connectivity index (χ4n) is 2.82. The molecule has 0 atom stereocenters. The highest BCUT2D eigenvalue weighted by molar-refractivity contribution is 7.89. The summed E-state index contributed by atoms with van der Waals surface area (Å²) < 4.78 is 26.7. The highest BCUT2D eigenvalue weighted by Crippen LogP contribution is 2.27. The molecule has 1 N–H and O–H groups in total. The Balaban J connectivity index is 1.68. The summed E-state index contributed by atoms with van der Waals surface area (Å²) in [6, 6.07) is 13.9. The Morgan fingerprint density at radius 1 is 0.963 bits per heavy atom. The van der Waals surface area contributed by atoms with E-state index in [0.717, 1.165) is 6.07 Å². The summed E-state index contributed by atoms with van der Waals surface area (Å²) in [5, 5.41) is 13.9. The number of hydrogen-bond acceptors (Lipinski definition) is 5. The SMILES string of the molecule is O=C(Nc1ccccc1)N1CCN(S(=O)(=O)c2ccccc2[N+](=O)[O-])CC1. The van der Waals surface area contributed by atoms with Crippen molar-refractivity contribution in [2.45, 2.75) is 4.90 Å². The lowest BCUT2D eigenvalue weighted by Gasteiger charge is -2.33. The van der Waals surface area contributed by atoms with Crippen molar-refractivity contribution in [3.63, 3.8) is 0 Å². The fraction of sp³-hybridized carbons (Fsp3) is 0.235. The number of benzene rings is 2. The van der Waals surface area contributed by atoms with E-state index in [1.807, 2.05) is 6.07 Å². The maximum atomic E-state index is 12.8. The Morgan fingerprint density at radius 3 is 2.19 bits per heavy atom. The van der Waals surface area contributed by atoms with E-state index in [4.69, 9.17) is 0 Å². The molecule has 2 aromatic carbocycles. The van der Waals surface area contributed by atoms with Crippen LogP contribution in [0.25, 0.3) is 0 Å². The van der Waals surface area contributed by atoms with Crippen molar-refractivity contribution in [3.8, 4) is 0 Å². The molecule has 1 fully saturated rings. The Morgan fingerprint density at radius 2 is 1.56 bits per heavy atom. The van der Waals surface area contributed by atoms with Gasteiger partial charge in [-0.25, -0.2) is 13.2 Å². The molecule has 0 radical (unpaired) electrons. The average molecular weight is 390 g/mol. The van der Waals surface area contributed by atoms with Gasteiger partial charge in [0.1, 0.15) is 0 Å². The number of nitro groups is 1. The first kappa shape index (κ1) is 18.8. The number of nitrogens with zero attached hydrogens (tertiary/aromatic N) is 3. The van der Waals surface area contributed by atoms with Crippen molar-refractivity contribution in [3.05, 3.63) is 64.7 Å². The minimum absolute atomic E-state index is 0.0661. The standard InChI is InChI=1S/C17H18N4O5S/c22-17(18-14-6-2-1-3-7-14)19-10-12-20(13-11-19)27(25,26)16-9-5-4-8-15(16)21(23)24/h1-9H,10-13H2,(H,18,22). The van der Waals surface area contributed by atoms with E-state index in [0.29, 0.717) is 5.69 Å². The Hall–Kier alpha value is -2.98. The number of para-hydroxylation sites is 2. The van der Waals surface area contributed by atoms with Crippen LogP contribution in [0, 0.1) is 10.1 Å². The van der Waals surface area contributed by atoms with Gasteiger partial charge in [-0.3, -0.25) is 10.1 Å². The minimum atomic E-state index is -4.01. The van der Waals surface area contributed by atoms with E-state index in [1.54, 1.807) is 24.3 Å². The van der Waals surface area contributed by atoms with Crippen molar-refractivity contribution in [2.24, 2.45) is 0 Å². The summed E-state index contributed by atoms with van der Waals surface area (Å²) in [5.74, 6) is 0. The third-order valence-corrected chi connectivity index (χ3v) is 6.18. The van der Waals surface area contributed by atoms with Gasteiger partial charge in [0.2, 0.25) is 10.0 Å². The van der Waals surface area contributed by atoms with Crippen LogP contribution in [0.15, 0.2) is 59.5 Å². The molecule has 0 aromatic heterocycles. The summed E-state index contributed by atoms with van der Waals surface area (Å²) >= 11 is 0. The molecule has 0 saturated carbocycles. The van der Waals surface area contributed by atoms with Crippen molar-refractivity contribution in [1.29, 1.82) is 0 Å². The van der Waals surface area contributed by atoms with E-state index in [-0.39, 0.29) is 37.1 Å². The number of anilines is 1. The van der Waals surface area contributed by atoms with Gasteiger partial charge >= 0.3 is 6.03 Å². The van der Waals surface area contributed by atoms with Crippen LogP contribution in [-0.2, 0) is 10.0 Å². The fourth-order valence-corrected chi connectivity index (χ4v) is 4.40. The molecular weight excluding hydrogens is 372 g/mol. The zero-order valence-corrected chi connectivity index (χ0v) is 15.1. The second-order valence-corrected chi connectivity index (χ2v) is 7.82. The monoisotopic (exact) mass is 390 g/mol. The molecule has 1 aliphatic rings. The molecule has 0 spiro atoms. The molecule has 0 bridgehead atoms. The first-order chi connectivity index (χ1) is 12.9. The number of urea groups is 1. The lowest BCUT2D eigenvalue weighted by molar-refractivity contribution is -0.387. The molecule has 1 aliphatic heterocycles. The Bertz CT molecular complexity index is 941. The van der Waals surface area contributed by atoms with Gasteiger partial charge in [-0.15, -0.1) is 0 Å². The molecule has 1 heterocycles. The number of carbonyl (C=O) groups is 1. The predicted molar refractivity (Wildman–Crippen MR) is 98.9 cm³/mol. The Kier molecular flexibility index (Phi) is 5.38. The third kappa shape index (κ3) is 4.07. The molecule has 10 heteroatoms. The van der Waals surface area contributed by atoms with Crippen LogP contribution >= 0.6 is 0 Å². The molecule has 0 unspecified atom stereocenters. The van der Waals surface area contributed by atoms with Crippen LogP contribution in [-0.4, -0.2) is 54.8 Å². The van der Waals surface area contributed by atoms with E-state index in [2.05, 4.69) is 5.32 Å². The topological polar surface area (TPSA) is 113 Å². The van der Waals surface area contributed by atoms with Crippen molar-refractivity contribution < 1.29 is 18.1 Å². The minimum Gasteiger partial charge on any atom is -0.322 e. The number of piperazine rings is 1. The summed E-state index contributed by atoms with van der Waals surface area (Å²) in [5.41, 5.74) is 0.194. The third-order valence-electron chi connectivity index (χ3n) is 4.23. The largest absolute Gasteiger partial charge is 0.322 e. The zero-order valence-electron chi connectivity index (χ0n) is 14.3. The lowest BCUT2D eigenvalue weighted by Crippen LogP contribution is -2.51. The second kappa shape index (κ2) is 7.72. The van der Waals surface area contributed by atoms with Gasteiger partial charge in [0.05, 0.1) is 4.92 Å². The van der Waals surface area contributed by atoms with Gasteiger partial charge in [0.25, 0.3) is 5.69 Å². The highest BCUT2D eigenvalue weighted by Gasteiger charge is 2.34. The molecule has 9 nitrogen and oxygen atoms in total. The van der Waals surface area contributed by atoms with Crippen LogP contribution in [0.2, 0.25) is 0 Å². The van der Waals surface area contributed by atoms with Crippen LogP contribution in [0.3, 0.4) is 0 Å². The van der Waals surface area contributed by atoms with E-state index in [1.165, 1.54) is 27.4 Å². The first-order valence-electron chi connectivity index (χ1n) is 8.24. The van der Waals surface area contributed by atoms with E-state index < -0.39 is 20.6 Å². The van der Waals surface area contributed by atoms with Crippen molar-refractivity contribution in [1.82, 2.24) is 9.21 Å². The summed E-state index contributed by atoms with van der Waals surface area (Å²) in [6.07, 6.45) is 0. The highest BCUT2D eigenvalue weighted by atomic mass is 32.2. The maximum Gasteiger partial charge on any atom is 0.321 e. The van der Waals surface area contributed by atoms with Crippen LogP contribution < -0.4 is 5.32 Å². The number of amides is 2. The van der Waals surface area contributed by atoms with E-state index in [9.17, 15) is 23.3 Å². The van der Waals surface area contributed by atoms with Crippen molar-refractivity contribution in [2.75, 3.05) is 31.5 Å². The van der Waals surface area contributed by atoms with Gasteiger partial charge in [-0.2, -0.15) is 4.31 Å². The summed E-state index contributed by atoms with van der Waals surface area (Å²) in [4.78, 5) is 23.9. The number of nitro benzene ring substituents is 1. The molecular formula is C17H18N4O5S. The van der Waals surface area contributed by atoms with Crippen molar-refractivity contribution >= 4 is 27.4 Å². The molecule has 2 amide bonds. The summed E-state index contributed by atoms with van der Waals surface area (Å²) in [7, 11) is -4.01. The van der Waals surface area contributed by atoms with Crippen LogP contribution in [0.1, 0.15) is 0 Å². The van der Waals surface area contributed by atoms with Gasteiger partial charge in [-0.05, 0) is 18.2 Å². The molecule has 3 rings (SSSR count). The normalized spacial score (nSPS) is 15.3. The number of nitrogens with one attached hydrogen (secondary N) is 1. The van der Waals surface area contributed by atoms with Gasteiger partial charge in [0, 0.05) is 37.9 Å². The van der Waals surface area contributed by atoms with Crippen LogP contribution in [0.5, 0.6) is 0 Å². The van der Waals surface area contributed by atoms with Gasteiger partial charge in [0.15, 0.2) is 4.90 Å². The van der Waals surface area contributed by atoms with Crippen LogP contribution in [0.4, 0.5) is 16.2 Å². The molecule has 0 aliphatic carbocycles. The summed E-state index contributed by atoms with van der Waals surface area (Å²) in [6.45, 7) is 0.518. The number of rotatable bonds is 4. The average Bonchev–Trinajstić information content (AvgIpc) is 2.69.